The van der Waals surface area contributed by atoms with Crippen LogP contribution < -0.4 is 10.6 Å². The number of hydrogen-bond acceptors (Lipinski definition) is 4. The lowest BCUT2D eigenvalue weighted by atomic mass is 10.1. The van der Waals surface area contributed by atoms with E-state index < -0.39 is 0 Å². The Hall–Kier alpha value is -1.14. The quantitative estimate of drug-likeness (QED) is 0.906. The van der Waals surface area contributed by atoms with Gasteiger partial charge in [0.05, 0.1) is 0 Å². The highest BCUT2D eigenvalue weighted by Crippen LogP contribution is 2.14. The summed E-state index contributed by atoms with van der Waals surface area (Å²) in [4.78, 5) is 4.42. The molecule has 2 aromatic rings. The Bertz CT molecular complexity index is 532. The molecule has 0 aromatic carbocycles. The van der Waals surface area contributed by atoms with Crippen molar-refractivity contribution in [3.05, 3.63) is 22.8 Å². The summed E-state index contributed by atoms with van der Waals surface area (Å²) in [7, 11) is 0. The van der Waals surface area contributed by atoms with Crippen LogP contribution in [0.15, 0.2) is 22.8 Å². The highest BCUT2D eigenvalue weighted by atomic mass is 79.9. The maximum atomic E-state index is 4.42. The number of rotatable bonds is 4. The zero-order chi connectivity index (χ0) is 12.4. The van der Waals surface area contributed by atoms with Crippen LogP contribution in [0.5, 0.6) is 0 Å². The number of aromatic nitrogens is 3. The number of anilines is 1. The first-order valence-corrected chi connectivity index (χ1v) is 7.07. The van der Waals surface area contributed by atoms with Crippen molar-refractivity contribution < 1.29 is 0 Å². The second-order valence-electron chi connectivity index (χ2n) is 4.66. The lowest BCUT2D eigenvalue weighted by Gasteiger charge is -2.07. The molecule has 1 atom stereocenters. The number of halogens is 1. The number of hydrogen-bond donors (Lipinski definition) is 2. The molecule has 0 radical (unpaired) electrons. The highest BCUT2D eigenvalue weighted by Gasteiger charge is 2.13. The zero-order valence-electron chi connectivity index (χ0n) is 10.1. The topological polar surface area (TPSA) is 54.2 Å². The molecule has 0 saturated carbocycles. The van der Waals surface area contributed by atoms with E-state index in [0.717, 1.165) is 35.7 Å². The average Bonchev–Trinajstić information content (AvgIpc) is 2.97. The predicted molar refractivity (Wildman–Crippen MR) is 74.8 cm³/mol. The van der Waals surface area contributed by atoms with Crippen LogP contribution >= 0.6 is 15.9 Å². The lowest BCUT2D eigenvalue weighted by Crippen LogP contribution is -2.13. The van der Waals surface area contributed by atoms with Gasteiger partial charge in [0.25, 0.3) is 0 Å². The van der Waals surface area contributed by atoms with Gasteiger partial charge in [-0.2, -0.15) is 4.98 Å². The van der Waals surface area contributed by atoms with Gasteiger partial charge >= 0.3 is 0 Å². The molecule has 6 heteroatoms. The van der Waals surface area contributed by atoms with Crippen LogP contribution in [0.3, 0.4) is 0 Å². The molecule has 5 nitrogen and oxygen atoms in total. The minimum absolute atomic E-state index is 0.707. The third kappa shape index (κ3) is 2.64. The van der Waals surface area contributed by atoms with Gasteiger partial charge in [0.1, 0.15) is 0 Å². The maximum Gasteiger partial charge on any atom is 0.243 e. The Balaban J connectivity index is 1.60. The highest BCUT2D eigenvalue weighted by molar-refractivity contribution is 9.10. The third-order valence-corrected chi connectivity index (χ3v) is 3.76. The summed E-state index contributed by atoms with van der Waals surface area (Å²) in [6.07, 6.45) is 4.37. The Morgan fingerprint density at radius 1 is 1.50 bits per heavy atom. The Kier molecular flexibility index (Phi) is 3.47. The molecule has 1 unspecified atom stereocenters. The molecule has 1 saturated heterocycles. The van der Waals surface area contributed by atoms with Gasteiger partial charge in [-0.15, -0.1) is 5.10 Å². The van der Waals surface area contributed by atoms with E-state index in [4.69, 9.17) is 0 Å². The van der Waals surface area contributed by atoms with Crippen molar-refractivity contribution in [3.8, 4) is 0 Å². The minimum Gasteiger partial charge on any atom is -0.353 e. The van der Waals surface area contributed by atoms with Crippen molar-refractivity contribution in [1.82, 2.24) is 19.9 Å². The SMILES string of the molecule is Brc1ccc2nc(NCCC3CCNC3)nn2c1. The van der Waals surface area contributed by atoms with E-state index in [1.54, 1.807) is 4.52 Å². The molecule has 3 heterocycles. The summed E-state index contributed by atoms with van der Waals surface area (Å²) in [6, 6.07) is 3.92. The molecule has 1 aliphatic heterocycles. The van der Waals surface area contributed by atoms with E-state index >= 15 is 0 Å². The largest absolute Gasteiger partial charge is 0.353 e. The first kappa shape index (κ1) is 11.9. The molecule has 1 aliphatic rings. The van der Waals surface area contributed by atoms with Crippen molar-refractivity contribution in [1.29, 1.82) is 0 Å². The molecule has 2 aromatic heterocycles. The van der Waals surface area contributed by atoms with Gasteiger partial charge in [0.2, 0.25) is 5.95 Å². The molecule has 0 spiro atoms. The molecule has 3 rings (SSSR count). The zero-order valence-corrected chi connectivity index (χ0v) is 11.7. The van der Waals surface area contributed by atoms with Gasteiger partial charge in [0.15, 0.2) is 5.65 Å². The van der Waals surface area contributed by atoms with Crippen LogP contribution in [0.4, 0.5) is 5.95 Å². The van der Waals surface area contributed by atoms with E-state index in [2.05, 4.69) is 36.6 Å². The summed E-state index contributed by atoms with van der Waals surface area (Å²) >= 11 is 3.42. The first-order valence-electron chi connectivity index (χ1n) is 6.28. The average molecular weight is 310 g/mol. The van der Waals surface area contributed by atoms with Gasteiger partial charge in [0, 0.05) is 17.2 Å². The Labute approximate surface area is 114 Å². The van der Waals surface area contributed by atoms with Crippen molar-refractivity contribution in [2.45, 2.75) is 12.8 Å². The predicted octanol–water partition coefficient (Wildman–Crippen LogP) is 1.90. The molecule has 0 amide bonds. The Morgan fingerprint density at radius 3 is 3.28 bits per heavy atom. The maximum absolute atomic E-state index is 4.42. The smallest absolute Gasteiger partial charge is 0.243 e. The molecule has 96 valence electrons. The summed E-state index contributed by atoms with van der Waals surface area (Å²) in [6.45, 7) is 3.24. The van der Waals surface area contributed by atoms with Crippen molar-refractivity contribution >= 4 is 27.5 Å². The van der Waals surface area contributed by atoms with Crippen LogP contribution in [0.2, 0.25) is 0 Å². The monoisotopic (exact) mass is 309 g/mol. The fraction of sp³-hybridized carbons (Fsp3) is 0.500. The minimum atomic E-state index is 0.707. The van der Waals surface area contributed by atoms with E-state index in [1.807, 2.05) is 18.3 Å². The molecule has 0 aliphatic carbocycles. The van der Waals surface area contributed by atoms with Crippen LogP contribution in [0, 0.1) is 5.92 Å². The van der Waals surface area contributed by atoms with Gasteiger partial charge in [-0.05, 0) is 59.9 Å². The molecular formula is C12H16BrN5. The number of nitrogens with one attached hydrogen (secondary N) is 2. The van der Waals surface area contributed by atoms with Crippen molar-refractivity contribution in [3.63, 3.8) is 0 Å². The summed E-state index contributed by atoms with van der Waals surface area (Å²) in [5.41, 5.74) is 0.864. The fourth-order valence-electron chi connectivity index (χ4n) is 2.28. The first-order chi connectivity index (χ1) is 8.81. The van der Waals surface area contributed by atoms with Crippen LogP contribution in [-0.4, -0.2) is 34.2 Å². The molecule has 18 heavy (non-hydrogen) atoms. The van der Waals surface area contributed by atoms with E-state index in [-0.39, 0.29) is 0 Å². The van der Waals surface area contributed by atoms with E-state index in [0.29, 0.717) is 5.95 Å². The van der Waals surface area contributed by atoms with Crippen LogP contribution in [-0.2, 0) is 0 Å². The standard InChI is InChI=1S/C12H16BrN5/c13-10-1-2-11-16-12(17-18(11)8-10)15-6-4-9-3-5-14-7-9/h1-2,8-9,14H,3-7H2,(H,15,17). The van der Waals surface area contributed by atoms with Gasteiger partial charge < -0.3 is 10.6 Å². The second kappa shape index (κ2) is 5.24. The van der Waals surface area contributed by atoms with Gasteiger partial charge in [-0.25, -0.2) is 4.52 Å². The summed E-state index contributed by atoms with van der Waals surface area (Å²) < 4.78 is 2.78. The van der Waals surface area contributed by atoms with Crippen molar-refractivity contribution in [2.24, 2.45) is 5.92 Å². The normalized spacial score (nSPS) is 19.5. The van der Waals surface area contributed by atoms with E-state index in [1.165, 1.54) is 12.8 Å². The fourth-order valence-corrected chi connectivity index (χ4v) is 2.61. The summed E-state index contributed by atoms with van der Waals surface area (Å²) in [5, 5.41) is 11.1. The van der Waals surface area contributed by atoms with Crippen molar-refractivity contribution in [2.75, 3.05) is 25.0 Å². The van der Waals surface area contributed by atoms with E-state index in [9.17, 15) is 0 Å². The number of fused-ring (bicyclic) bond motifs is 1. The van der Waals surface area contributed by atoms with Crippen LogP contribution in [0.1, 0.15) is 12.8 Å². The molecular weight excluding hydrogens is 294 g/mol. The third-order valence-electron chi connectivity index (χ3n) is 3.29. The molecule has 2 N–H and O–H groups in total. The van der Waals surface area contributed by atoms with Gasteiger partial charge in [-0.3, -0.25) is 0 Å². The Morgan fingerprint density at radius 2 is 2.44 bits per heavy atom. The van der Waals surface area contributed by atoms with Crippen LogP contribution in [0.25, 0.3) is 5.65 Å². The lowest BCUT2D eigenvalue weighted by molar-refractivity contribution is 0.548. The number of nitrogens with zero attached hydrogens (tertiary/aromatic N) is 3. The molecule has 0 bridgehead atoms. The number of pyridine rings is 1. The second-order valence-corrected chi connectivity index (χ2v) is 5.58. The molecule has 1 fully saturated rings. The summed E-state index contributed by atoms with van der Waals surface area (Å²) in [5.74, 6) is 1.50. The van der Waals surface area contributed by atoms with Gasteiger partial charge in [-0.1, -0.05) is 0 Å².